The van der Waals surface area contributed by atoms with Gasteiger partial charge in [0.05, 0.1) is 5.56 Å². The van der Waals surface area contributed by atoms with Crippen LogP contribution in [-0.4, -0.2) is 38.6 Å². The highest BCUT2D eigenvalue weighted by atomic mass is 32.2. The van der Waals surface area contributed by atoms with Crippen molar-refractivity contribution in [3.63, 3.8) is 0 Å². The second-order valence-electron chi connectivity index (χ2n) is 9.33. The Morgan fingerprint density at radius 3 is 1.62 bits per heavy atom. The Labute approximate surface area is 210 Å². The van der Waals surface area contributed by atoms with E-state index in [1.807, 2.05) is 0 Å². The van der Waals surface area contributed by atoms with Gasteiger partial charge in [-0.05, 0) is 18.6 Å². The minimum Gasteiger partial charge on any atom is -0.479 e. The number of hydrogen-bond donors (Lipinski definition) is 3. The molecule has 3 N–H and O–H groups in total. The van der Waals surface area contributed by atoms with Crippen molar-refractivity contribution in [3.05, 3.63) is 29.8 Å². The van der Waals surface area contributed by atoms with Crippen LogP contribution < -0.4 is 0 Å². The summed E-state index contributed by atoms with van der Waals surface area (Å²) in [6.45, 7) is 2.26. The summed E-state index contributed by atoms with van der Waals surface area (Å²) in [5.74, 6) is -2.31. The van der Waals surface area contributed by atoms with E-state index in [0.29, 0.717) is 11.3 Å². The quantitative estimate of drug-likeness (QED) is 0.112. The van der Waals surface area contributed by atoms with Gasteiger partial charge < -0.3 is 15.3 Å². The highest BCUT2D eigenvalue weighted by Crippen LogP contribution is 2.32. The van der Waals surface area contributed by atoms with Crippen molar-refractivity contribution in [2.24, 2.45) is 0 Å². The number of hydrogen-bond acceptors (Lipinski definition) is 4. The van der Waals surface area contributed by atoms with Gasteiger partial charge in [0.2, 0.25) is 0 Å². The van der Waals surface area contributed by atoms with E-state index < -0.39 is 23.3 Å². The maximum Gasteiger partial charge on any atom is 0.336 e. The molecule has 0 amide bonds. The first-order chi connectivity index (χ1) is 16.5. The number of aliphatic hydroxyl groups excluding tert-OH is 1. The van der Waals surface area contributed by atoms with E-state index in [0.717, 1.165) is 31.0 Å². The molecule has 194 valence electrons. The number of unbranched alkanes of at least 4 members (excludes halogenated alkanes) is 15. The Hall–Kier alpha value is -1.53. The average Bonchev–Trinajstić information content (AvgIpc) is 2.82. The van der Waals surface area contributed by atoms with Crippen LogP contribution in [0.4, 0.5) is 0 Å². The number of aromatic carboxylic acids is 1. The number of rotatable bonds is 22. The predicted octanol–water partition coefficient (Wildman–Crippen LogP) is 7.94. The van der Waals surface area contributed by atoms with Crippen LogP contribution in [0.5, 0.6) is 0 Å². The van der Waals surface area contributed by atoms with E-state index in [2.05, 4.69) is 6.92 Å². The molecule has 5 nitrogen and oxygen atoms in total. The summed E-state index contributed by atoms with van der Waals surface area (Å²) < 4.78 is 0. The van der Waals surface area contributed by atoms with E-state index in [1.165, 1.54) is 89.5 Å². The zero-order valence-corrected chi connectivity index (χ0v) is 21.9. The molecule has 0 saturated carbocycles. The fourth-order valence-electron chi connectivity index (χ4n) is 4.24. The first kappa shape index (κ1) is 30.5. The second kappa shape index (κ2) is 19.7. The van der Waals surface area contributed by atoms with Crippen LogP contribution in [0.25, 0.3) is 0 Å². The third kappa shape index (κ3) is 14.0. The molecular formula is C28H46O5S. The van der Waals surface area contributed by atoms with E-state index in [9.17, 15) is 24.9 Å². The molecule has 0 spiro atoms. The molecule has 2 unspecified atom stereocenters. The summed E-state index contributed by atoms with van der Waals surface area (Å²) in [6, 6.07) is 6.55. The summed E-state index contributed by atoms with van der Waals surface area (Å²) in [5.41, 5.74) is 0.141. The molecule has 1 aromatic rings. The molecular weight excluding hydrogens is 448 g/mol. The van der Waals surface area contributed by atoms with Gasteiger partial charge in [0, 0.05) is 10.1 Å². The summed E-state index contributed by atoms with van der Waals surface area (Å²) in [6.07, 6.45) is 19.4. The zero-order valence-electron chi connectivity index (χ0n) is 21.1. The third-order valence-electron chi connectivity index (χ3n) is 6.34. The number of benzene rings is 1. The Morgan fingerprint density at radius 1 is 0.735 bits per heavy atom. The molecule has 0 saturated heterocycles. The number of aliphatic carboxylic acids is 1. The molecule has 34 heavy (non-hydrogen) atoms. The SMILES string of the molecule is CCCCCCCCCCCCCCCCCCC(Sc1ccccc1C(=O)O)C(O)C(=O)O. The lowest BCUT2D eigenvalue weighted by atomic mass is 10.0. The molecule has 1 rings (SSSR count). The molecule has 0 aromatic heterocycles. The Bertz CT molecular complexity index is 679. The standard InChI is InChI=1S/C28H46O5S/c1-2-3-4-5-6-7-8-9-10-11-12-13-14-15-16-17-22-25(26(29)28(32)33)34-24-21-19-18-20-23(24)27(30)31/h18-21,25-26,29H,2-17,22H2,1H3,(H,30,31)(H,32,33). The average molecular weight is 495 g/mol. The van der Waals surface area contributed by atoms with Crippen molar-refractivity contribution < 1.29 is 24.9 Å². The van der Waals surface area contributed by atoms with E-state index in [4.69, 9.17) is 0 Å². The highest BCUT2D eigenvalue weighted by molar-refractivity contribution is 8.00. The molecule has 1 aromatic carbocycles. The van der Waals surface area contributed by atoms with Gasteiger partial charge >= 0.3 is 11.9 Å². The van der Waals surface area contributed by atoms with Crippen LogP contribution in [-0.2, 0) is 4.79 Å². The number of carboxylic acids is 2. The summed E-state index contributed by atoms with van der Waals surface area (Å²) in [5, 5.41) is 28.2. The Balaban J connectivity index is 2.16. The minimum absolute atomic E-state index is 0.141. The second-order valence-corrected chi connectivity index (χ2v) is 10.6. The molecule has 0 fully saturated rings. The number of carboxylic acid groups (broad SMARTS) is 2. The van der Waals surface area contributed by atoms with Crippen molar-refractivity contribution in [2.45, 2.75) is 132 Å². The van der Waals surface area contributed by atoms with Crippen molar-refractivity contribution in [3.8, 4) is 0 Å². The highest BCUT2D eigenvalue weighted by Gasteiger charge is 2.27. The van der Waals surface area contributed by atoms with Crippen molar-refractivity contribution in [2.75, 3.05) is 0 Å². The first-order valence-corrected chi connectivity index (χ1v) is 14.2. The van der Waals surface area contributed by atoms with Gasteiger partial charge in [-0.25, -0.2) is 9.59 Å². The summed E-state index contributed by atoms with van der Waals surface area (Å²) in [7, 11) is 0. The Kier molecular flexibility index (Phi) is 17.7. The van der Waals surface area contributed by atoms with Gasteiger partial charge in [0.15, 0.2) is 6.10 Å². The largest absolute Gasteiger partial charge is 0.479 e. The molecule has 0 heterocycles. The first-order valence-electron chi connectivity index (χ1n) is 13.4. The smallest absolute Gasteiger partial charge is 0.336 e. The monoisotopic (exact) mass is 494 g/mol. The molecule has 0 aliphatic heterocycles. The van der Waals surface area contributed by atoms with E-state index in [1.54, 1.807) is 18.2 Å². The van der Waals surface area contributed by atoms with Crippen LogP contribution >= 0.6 is 11.8 Å². The van der Waals surface area contributed by atoms with Crippen LogP contribution in [0, 0.1) is 0 Å². The van der Waals surface area contributed by atoms with Crippen LogP contribution in [0.15, 0.2) is 29.2 Å². The summed E-state index contributed by atoms with van der Waals surface area (Å²) in [4.78, 5) is 23.3. The molecule has 6 heteroatoms. The normalized spacial score (nSPS) is 13.0. The lowest BCUT2D eigenvalue weighted by molar-refractivity contribution is -0.146. The molecule has 2 atom stereocenters. The number of carbonyl (C=O) groups is 2. The van der Waals surface area contributed by atoms with Gasteiger partial charge in [-0.2, -0.15) is 0 Å². The lowest BCUT2D eigenvalue weighted by Gasteiger charge is -2.20. The fraction of sp³-hybridized carbons (Fsp3) is 0.714. The van der Waals surface area contributed by atoms with Gasteiger partial charge in [-0.1, -0.05) is 122 Å². The summed E-state index contributed by atoms with van der Waals surface area (Å²) >= 11 is 1.16. The molecule has 0 radical (unpaired) electrons. The molecule has 0 aliphatic carbocycles. The lowest BCUT2D eigenvalue weighted by Crippen LogP contribution is -2.31. The van der Waals surface area contributed by atoms with E-state index in [-0.39, 0.29) is 5.56 Å². The predicted molar refractivity (Wildman–Crippen MR) is 141 cm³/mol. The van der Waals surface area contributed by atoms with Gasteiger partial charge in [-0.3, -0.25) is 0 Å². The number of aliphatic hydroxyl groups is 1. The van der Waals surface area contributed by atoms with Gasteiger partial charge in [0.25, 0.3) is 0 Å². The van der Waals surface area contributed by atoms with Crippen LogP contribution in [0.3, 0.4) is 0 Å². The third-order valence-corrected chi connectivity index (χ3v) is 7.75. The Morgan fingerprint density at radius 2 is 1.18 bits per heavy atom. The van der Waals surface area contributed by atoms with Crippen LogP contribution in [0.2, 0.25) is 0 Å². The number of thioether (sulfide) groups is 1. The maximum atomic E-state index is 11.4. The molecule has 0 aliphatic rings. The maximum absolute atomic E-state index is 11.4. The van der Waals surface area contributed by atoms with Gasteiger partial charge in [0.1, 0.15) is 0 Å². The van der Waals surface area contributed by atoms with Crippen molar-refractivity contribution in [1.29, 1.82) is 0 Å². The van der Waals surface area contributed by atoms with Gasteiger partial charge in [-0.15, -0.1) is 11.8 Å². The topological polar surface area (TPSA) is 94.8 Å². The van der Waals surface area contributed by atoms with E-state index >= 15 is 0 Å². The minimum atomic E-state index is -1.51. The van der Waals surface area contributed by atoms with Crippen molar-refractivity contribution >= 4 is 23.7 Å². The van der Waals surface area contributed by atoms with Crippen LogP contribution in [0.1, 0.15) is 126 Å². The molecule has 0 bridgehead atoms. The van der Waals surface area contributed by atoms with Crippen molar-refractivity contribution in [1.82, 2.24) is 0 Å². The fourth-order valence-corrected chi connectivity index (χ4v) is 5.54. The zero-order chi connectivity index (χ0) is 25.0.